The molecule has 0 aromatic carbocycles. The molecule has 1 rings (SSSR count). The van der Waals surface area contributed by atoms with E-state index < -0.39 is 0 Å². The van der Waals surface area contributed by atoms with Crippen molar-refractivity contribution in [3.8, 4) is 0 Å². The molecule has 0 amide bonds. The molecule has 1 N–H and O–H groups in total. The van der Waals surface area contributed by atoms with Gasteiger partial charge in [-0.25, -0.2) is 4.98 Å². The molecule has 0 aliphatic rings. The highest BCUT2D eigenvalue weighted by molar-refractivity contribution is 6.18. The number of anilines is 1. The van der Waals surface area contributed by atoms with Crippen molar-refractivity contribution in [1.29, 1.82) is 0 Å². The van der Waals surface area contributed by atoms with Crippen molar-refractivity contribution in [3.63, 3.8) is 0 Å². The number of nitrogens with zero attached hydrogens (tertiary/aromatic N) is 2. The third-order valence-corrected chi connectivity index (χ3v) is 2.15. The van der Waals surface area contributed by atoms with E-state index in [1.807, 2.05) is 20.8 Å². The van der Waals surface area contributed by atoms with Crippen LogP contribution in [0, 0.1) is 13.8 Å². The minimum absolute atomic E-state index is 0.219. The van der Waals surface area contributed by atoms with Gasteiger partial charge in [0.1, 0.15) is 5.82 Å². The van der Waals surface area contributed by atoms with Crippen LogP contribution < -0.4 is 5.32 Å². The van der Waals surface area contributed by atoms with Crippen LogP contribution in [0.4, 0.5) is 5.82 Å². The average molecular weight is 200 g/mol. The number of aromatic nitrogens is 2. The number of hydrogen-bond donors (Lipinski definition) is 1. The highest BCUT2D eigenvalue weighted by atomic mass is 35.5. The maximum atomic E-state index is 5.68. The molecule has 13 heavy (non-hydrogen) atoms. The molecule has 1 unspecified atom stereocenters. The van der Waals surface area contributed by atoms with Crippen molar-refractivity contribution in [2.24, 2.45) is 0 Å². The molecule has 1 heterocycles. The number of halogens is 1. The van der Waals surface area contributed by atoms with E-state index in [1.54, 1.807) is 6.20 Å². The summed E-state index contributed by atoms with van der Waals surface area (Å²) in [6.45, 7) is 5.86. The Morgan fingerprint density at radius 2 is 2.23 bits per heavy atom. The van der Waals surface area contributed by atoms with Crippen LogP contribution in [-0.4, -0.2) is 21.9 Å². The summed E-state index contributed by atoms with van der Waals surface area (Å²) in [7, 11) is 0. The van der Waals surface area contributed by atoms with Crippen molar-refractivity contribution in [2.45, 2.75) is 26.8 Å². The van der Waals surface area contributed by atoms with Gasteiger partial charge in [-0.3, -0.25) is 4.98 Å². The lowest BCUT2D eigenvalue weighted by Crippen LogP contribution is -2.18. The zero-order valence-electron chi connectivity index (χ0n) is 8.13. The van der Waals surface area contributed by atoms with Gasteiger partial charge >= 0.3 is 0 Å². The van der Waals surface area contributed by atoms with E-state index in [4.69, 9.17) is 11.6 Å². The van der Waals surface area contributed by atoms with Crippen LogP contribution in [0.2, 0.25) is 0 Å². The summed E-state index contributed by atoms with van der Waals surface area (Å²) < 4.78 is 0. The molecule has 3 nitrogen and oxygen atoms in total. The summed E-state index contributed by atoms with van der Waals surface area (Å²) >= 11 is 5.68. The number of nitrogens with one attached hydrogen (secondary N) is 1. The number of aryl methyl sites for hydroxylation is 2. The van der Waals surface area contributed by atoms with Crippen LogP contribution >= 0.6 is 11.6 Å². The predicted molar refractivity (Wildman–Crippen MR) is 55.3 cm³/mol. The Kier molecular flexibility index (Phi) is 3.48. The Morgan fingerprint density at radius 1 is 1.54 bits per heavy atom. The Morgan fingerprint density at radius 3 is 2.85 bits per heavy atom. The van der Waals surface area contributed by atoms with Gasteiger partial charge in [0.15, 0.2) is 0 Å². The molecule has 4 heteroatoms. The first-order valence-corrected chi connectivity index (χ1v) is 4.79. The highest BCUT2D eigenvalue weighted by Crippen LogP contribution is 2.10. The van der Waals surface area contributed by atoms with Crippen molar-refractivity contribution < 1.29 is 0 Å². The zero-order valence-corrected chi connectivity index (χ0v) is 8.89. The smallest absolute Gasteiger partial charge is 0.147 e. The number of alkyl halides is 1. The maximum absolute atomic E-state index is 5.68. The quantitative estimate of drug-likeness (QED) is 0.758. The van der Waals surface area contributed by atoms with Gasteiger partial charge in [-0.05, 0) is 20.8 Å². The molecule has 0 aliphatic heterocycles. The molecular weight excluding hydrogens is 186 g/mol. The summed E-state index contributed by atoms with van der Waals surface area (Å²) in [5.74, 6) is 1.39. The third kappa shape index (κ3) is 2.84. The summed E-state index contributed by atoms with van der Waals surface area (Å²) in [5, 5.41) is 3.20. The Bertz CT molecular complexity index is 288. The van der Waals surface area contributed by atoms with Crippen molar-refractivity contribution in [2.75, 3.05) is 11.2 Å². The van der Waals surface area contributed by atoms with E-state index in [9.17, 15) is 0 Å². The van der Waals surface area contributed by atoms with Gasteiger partial charge in [-0.15, -0.1) is 11.6 Å². The van der Waals surface area contributed by atoms with Gasteiger partial charge in [0, 0.05) is 18.1 Å². The predicted octanol–water partition coefficient (Wildman–Crippen LogP) is 2.13. The normalized spacial score (nSPS) is 12.6. The monoisotopic (exact) mass is 199 g/mol. The second-order valence-electron chi connectivity index (χ2n) is 3.15. The first-order valence-electron chi connectivity index (χ1n) is 4.26. The van der Waals surface area contributed by atoms with Crippen LogP contribution in [0.1, 0.15) is 18.3 Å². The number of rotatable bonds is 3. The van der Waals surface area contributed by atoms with E-state index in [1.165, 1.54) is 0 Å². The minimum atomic E-state index is 0.219. The van der Waals surface area contributed by atoms with Gasteiger partial charge < -0.3 is 5.32 Å². The van der Waals surface area contributed by atoms with Crippen molar-refractivity contribution in [1.82, 2.24) is 9.97 Å². The van der Waals surface area contributed by atoms with Crippen molar-refractivity contribution >= 4 is 17.4 Å². The summed E-state index contributed by atoms with van der Waals surface area (Å²) in [4.78, 5) is 8.53. The summed E-state index contributed by atoms with van der Waals surface area (Å²) in [5.41, 5.74) is 1.82. The minimum Gasteiger partial charge on any atom is -0.365 e. The fourth-order valence-electron chi connectivity index (χ4n) is 0.946. The molecule has 0 spiro atoms. The van der Waals surface area contributed by atoms with Gasteiger partial charge in [0.25, 0.3) is 0 Å². The molecule has 0 aliphatic carbocycles. The van der Waals surface area contributed by atoms with Crippen LogP contribution in [0.25, 0.3) is 0 Å². The lowest BCUT2D eigenvalue weighted by molar-refractivity contribution is 0.882. The summed E-state index contributed by atoms with van der Waals surface area (Å²) in [6.07, 6.45) is 1.76. The topological polar surface area (TPSA) is 37.8 Å². The van der Waals surface area contributed by atoms with Gasteiger partial charge in [-0.2, -0.15) is 0 Å². The molecule has 0 saturated carbocycles. The van der Waals surface area contributed by atoms with Crippen LogP contribution in [0.3, 0.4) is 0 Å². The Labute approximate surface area is 83.5 Å². The molecule has 0 bridgehead atoms. The third-order valence-electron chi connectivity index (χ3n) is 1.69. The van der Waals surface area contributed by atoms with Crippen LogP contribution in [0.5, 0.6) is 0 Å². The fourth-order valence-corrected chi connectivity index (χ4v) is 1.02. The average Bonchev–Trinajstić information content (AvgIpc) is 2.11. The first kappa shape index (κ1) is 10.3. The van der Waals surface area contributed by atoms with Crippen molar-refractivity contribution in [3.05, 3.63) is 17.6 Å². The van der Waals surface area contributed by atoms with Gasteiger partial charge in [0.2, 0.25) is 0 Å². The molecule has 1 aromatic rings. The van der Waals surface area contributed by atoms with E-state index in [2.05, 4.69) is 15.3 Å². The highest BCUT2D eigenvalue weighted by Gasteiger charge is 2.04. The lowest BCUT2D eigenvalue weighted by atomic mass is 10.3. The van der Waals surface area contributed by atoms with Crippen LogP contribution in [-0.2, 0) is 0 Å². The van der Waals surface area contributed by atoms with Crippen LogP contribution in [0.15, 0.2) is 6.20 Å². The Balaban J connectivity index is 2.81. The second-order valence-corrected chi connectivity index (χ2v) is 3.45. The second kappa shape index (κ2) is 4.42. The van der Waals surface area contributed by atoms with Gasteiger partial charge in [0.05, 0.1) is 11.4 Å². The molecule has 1 aromatic heterocycles. The van der Waals surface area contributed by atoms with E-state index in [-0.39, 0.29) is 6.04 Å². The largest absolute Gasteiger partial charge is 0.365 e. The molecule has 0 fully saturated rings. The molecule has 0 saturated heterocycles. The molecule has 1 atom stereocenters. The molecule has 0 radical (unpaired) electrons. The molecule has 72 valence electrons. The van der Waals surface area contributed by atoms with E-state index >= 15 is 0 Å². The maximum Gasteiger partial charge on any atom is 0.147 e. The SMILES string of the molecule is Cc1cnc(C)c(NC(C)CCl)n1. The summed E-state index contributed by atoms with van der Waals surface area (Å²) in [6, 6.07) is 0.219. The fraction of sp³-hybridized carbons (Fsp3) is 0.556. The zero-order chi connectivity index (χ0) is 9.84. The van der Waals surface area contributed by atoms with Gasteiger partial charge in [-0.1, -0.05) is 0 Å². The standard InChI is InChI=1S/C9H14ClN3/c1-6(4-10)12-9-8(3)11-5-7(2)13-9/h5-6H,4H2,1-3H3,(H,12,13). The molecular formula is C9H14ClN3. The Hall–Kier alpha value is -0.830. The van der Waals surface area contributed by atoms with E-state index in [0.717, 1.165) is 17.2 Å². The number of hydrogen-bond acceptors (Lipinski definition) is 3. The first-order chi connectivity index (χ1) is 6.13. The lowest BCUT2D eigenvalue weighted by Gasteiger charge is -2.12. The van der Waals surface area contributed by atoms with E-state index in [0.29, 0.717) is 5.88 Å².